The zero-order valence-electron chi connectivity index (χ0n) is 8.33. The fourth-order valence-corrected chi connectivity index (χ4v) is 0.811. The molecule has 1 rings (SSSR count). The first-order valence-corrected chi connectivity index (χ1v) is 4.54. The van der Waals surface area contributed by atoms with E-state index in [0.29, 0.717) is 18.7 Å². The van der Waals surface area contributed by atoms with Crippen LogP contribution in [0.1, 0.15) is 26.5 Å². The van der Waals surface area contributed by atoms with Crippen LogP contribution in [0.25, 0.3) is 0 Å². The van der Waals surface area contributed by atoms with Gasteiger partial charge in [-0.2, -0.15) is 0 Å². The molecular weight excluding hydrogens is 168 g/mol. The zero-order valence-corrected chi connectivity index (χ0v) is 8.33. The molecule has 0 aliphatic rings. The Morgan fingerprint density at radius 2 is 2.38 bits per heavy atom. The third-order valence-corrected chi connectivity index (χ3v) is 1.60. The largest absolute Gasteiger partial charge is 0.460 e. The lowest BCUT2D eigenvalue weighted by Gasteiger charge is -2.06. The van der Waals surface area contributed by atoms with Gasteiger partial charge in [-0.15, -0.1) is 0 Å². The molecule has 0 unspecified atom stereocenters. The van der Waals surface area contributed by atoms with Gasteiger partial charge in [-0.3, -0.25) is 5.32 Å². The summed E-state index contributed by atoms with van der Waals surface area (Å²) in [4.78, 5) is 0. The van der Waals surface area contributed by atoms with Crippen molar-refractivity contribution >= 4 is 0 Å². The summed E-state index contributed by atoms with van der Waals surface area (Å²) in [5.41, 5.74) is 0. The van der Waals surface area contributed by atoms with Crippen LogP contribution >= 0.6 is 0 Å². The molecule has 0 aliphatic carbocycles. The molecule has 0 bridgehead atoms. The molecule has 0 saturated carbocycles. The first kappa shape index (κ1) is 10.1. The van der Waals surface area contributed by atoms with Crippen LogP contribution < -0.4 is 10.1 Å². The van der Waals surface area contributed by atoms with Crippen molar-refractivity contribution in [1.82, 2.24) is 10.5 Å². The molecule has 1 heterocycles. The van der Waals surface area contributed by atoms with Gasteiger partial charge in [-0.1, -0.05) is 6.92 Å². The summed E-state index contributed by atoms with van der Waals surface area (Å²) in [7, 11) is 0. The summed E-state index contributed by atoms with van der Waals surface area (Å²) in [5.74, 6) is 1.39. The standard InChI is InChI=1S/C9H16N2O2/c1-4-8-5-9(11-13-8)12-6-10-7(2)3/h5,7,10H,4,6H2,1-3H3. The van der Waals surface area contributed by atoms with Gasteiger partial charge in [0.2, 0.25) is 0 Å². The summed E-state index contributed by atoms with van der Waals surface area (Å²) >= 11 is 0. The van der Waals surface area contributed by atoms with Crippen molar-refractivity contribution in [3.8, 4) is 5.88 Å². The molecule has 1 aromatic rings. The minimum atomic E-state index is 0.414. The second-order valence-electron chi connectivity index (χ2n) is 3.13. The molecule has 0 amide bonds. The Bertz CT molecular complexity index is 246. The molecule has 13 heavy (non-hydrogen) atoms. The molecule has 0 aromatic carbocycles. The molecule has 4 heteroatoms. The van der Waals surface area contributed by atoms with Crippen molar-refractivity contribution in [3.63, 3.8) is 0 Å². The predicted molar refractivity (Wildman–Crippen MR) is 49.6 cm³/mol. The Hall–Kier alpha value is -1.03. The zero-order chi connectivity index (χ0) is 9.68. The van der Waals surface area contributed by atoms with Gasteiger partial charge in [0.25, 0.3) is 5.88 Å². The summed E-state index contributed by atoms with van der Waals surface area (Å²) in [5, 5.41) is 6.86. The van der Waals surface area contributed by atoms with Crippen LogP contribution in [-0.2, 0) is 6.42 Å². The highest BCUT2D eigenvalue weighted by molar-refractivity contribution is 5.10. The average molecular weight is 184 g/mol. The number of hydrogen-bond acceptors (Lipinski definition) is 4. The number of hydrogen-bond donors (Lipinski definition) is 1. The van der Waals surface area contributed by atoms with E-state index in [1.807, 2.05) is 13.0 Å². The summed E-state index contributed by atoms with van der Waals surface area (Å²) in [6, 6.07) is 2.22. The first-order valence-electron chi connectivity index (χ1n) is 4.54. The quantitative estimate of drug-likeness (QED) is 0.706. The lowest BCUT2D eigenvalue weighted by Crippen LogP contribution is -2.27. The van der Waals surface area contributed by atoms with Crippen molar-refractivity contribution in [3.05, 3.63) is 11.8 Å². The van der Waals surface area contributed by atoms with E-state index in [-0.39, 0.29) is 0 Å². The van der Waals surface area contributed by atoms with Crippen LogP contribution in [0.4, 0.5) is 0 Å². The fourth-order valence-electron chi connectivity index (χ4n) is 0.811. The van der Waals surface area contributed by atoms with Gasteiger partial charge in [-0.25, -0.2) is 0 Å². The number of nitrogens with zero attached hydrogens (tertiary/aromatic N) is 1. The highest BCUT2D eigenvalue weighted by atomic mass is 16.5. The van der Waals surface area contributed by atoms with Crippen LogP contribution in [0.5, 0.6) is 5.88 Å². The third kappa shape index (κ3) is 3.46. The van der Waals surface area contributed by atoms with E-state index in [4.69, 9.17) is 9.26 Å². The van der Waals surface area contributed by atoms with E-state index < -0.39 is 0 Å². The molecule has 1 aromatic heterocycles. The van der Waals surface area contributed by atoms with Crippen molar-refractivity contribution in [2.75, 3.05) is 6.73 Å². The molecule has 1 N–H and O–H groups in total. The van der Waals surface area contributed by atoms with E-state index in [1.54, 1.807) is 0 Å². The molecule has 0 fully saturated rings. The highest BCUT2D eigenvalue weighted by Crippen LogP contribution is 2.10. The van der Waals surface area contributed by atoms with E-state index >= 15 is 0 Å². The van der Waals surface area contributed by atoms with E-state index in [2.05, 4.69) is 24.3 Å². The van der Waals surface area contributed by atoms with Crippen LogP contribution in [0, 0.1) is 0 Å². The normalized spacial score (nSPS) is 10.8. The molecule has 74 valence electrons. The Balaban J connectivity index is 2.28. The minimum Gasteiger partial charge on any atom is -0.460 e. The molecular formula is C9H16N2O2. The number of aryl methyl sites for hydroxylation is 1. The summed E-state index contributed by atoms with van der Waals surface area (Å²) in [6.07, 6.45) is 0.841. The minimum absolute atomic E-state index is 0.414. The molecule has 0 radical (unpaired) electrons. The monoisotopic (exact) mass is 184 g/mol. The average Bonchev–Trinajstić information content (AvgIpc) is 2.52. The second-order valence-corrected chi connectivity index (χ2v) is 3.13. The van der Waals surface area contributed by atoms with Crippen molar-refractivity contribution < 1.29 is 9.26 Å². The molecule has 0 spiro atoms. The van der Waals surface area contributed by atoms with Crippen molar-refractivity contribution in [1.29, 1.82) is 0 Å². The number of ether oxygens (including phenoxy) is 1. The van der Waals surface area contributed by atoms with Crippen molar-refractivity contribution in [2.24, 2.45) is 0 Å². The van der Waals surface area contributed by atoms with Gasteiger partial charge in [0.1, 0.15) is 12.5 Å². The lowest BCUT2D eigenvalue weighted by molar-refractivity contribution is 0.243. The Morgan fingerprint density at radius 3 is 2.92 bits per heavy atom. The van der Waals surface area contributed by atoms with Crippen molar-refractivity contribution in [2.45, 2.75) is 33.2 Å². The SMILES string of the molecule is CCc1cc(OCNC(C)C)no1. The van der Waals surface area contributed by atoms with Gasteiger partial charge in [-0.05, 0) is 19.0 Å². The summed E-state index contributed by atoms with van der Waals surface area (Å²) in [6.45, 7) is 6.59. The van der Waals surface area contributed by atoms with Gasteiger partial charge in [0.15, 0.2) is 0 Å². The third-order valence-electron chi connectivity index (χ3n) is 1.60. The molecule has 0 aliphatic heterocycles. The van der Waals surface area contributed by atoms with Gasteiger partial charge < -0.3 is 9.26 Å². The van der Waals surface area contributed by atoms with Crippen LogP contribution in [-0.4, -0.2) is 17.9 Å². The fraction of sp³-hybridized carbons (Fsp3) is 0.667. The molecule has 0 saturated heterocycles. The van der Waals surface area contributed by atoms with Crippen LogP contribution in [0.2, 0.25) is 0 Å². The predicted octanol–water partition coefficient (Wildman–Crippen LogP) is 1.57. The van der Waals surface area contributed by atoms with Gasteiger partial charge >= 0.3 is 0 Å². The van der Waals surface area contributed by atoms with Crippen LogP contribution in [0.3, 0.4) is 0 Å². The Kier molecular flexibility index (Phi) is 3.76. The van der Waals surface area contributed by atoms with Gasteiger partial charge in [0.05, 0.1) is 0 Å². The van der Waals surface area contributed by atoms with E-state index in [9.17, 15) is 0 Å². The first-order chi connectivity index (χ1) is 6.22. The maximum atomic E-state index is 5.28. The highest BCUT2D eigenvalue weighted by Gasteiger charge is 2.02. The van der Waals surface area contributed by atoms with E-state index in [0.717, 1.165) is 12.2 Å². The maximum Gasteiger partial charge on any atom is 0.255 e. The lowest BCUT2D eigenvalue weighted by atomic mass is 10.4. The number of aromatic nitrogens is 1. The number of rotatable bonds is 5. The second kappa shape index (κ2) is 4.87. The molecule has 0 atom stereocenters. The topological polar surface area (TPSA) is 47.3 Å². The van der Waals surface area contributed by atoms with Crippen LogP contribution in [0.15, 0.2) is 10.6 Å². The molecule has 4 nitrogen and oxygen atoms in total. The number of nitrogens with one attached hydrogen (secondary N) is 1. The Morgan fingerprint density at radius 1 is 1.62 bits per heavy atom. The Labute approximate surface area is 78.2 Å². The van der Waals surface area contributed by atoms with E-state index in [1.165, 1.54) is 0 Å². The summed E-state index contributed by atoms with van der Waals surface area (Å²) < 4.78 is 10.3. The van der Waals surface area contributed by atoms with Gasteiger partial charge in [0, 0.05) is 18.5 Å². The maximum absolute atomic E-state index is 5.28. The smallest absolute Gasteiger partial charge is 0.255 e.